The molecule has 0 spiro atoms. The van der Waals surface area contributed by atoms with E-state index in [1.165, 1.54) is 0 Å². The lowest BCUT2D eigenvalue weighted by Gasteiger charge is -2.11. The first-order valence-electron chi connectivity index (χ1n) is 6.54. The van der Waals surface area contributed by atoms with Crippen molar-refractivity contribution in [2.45, 2.75) is 6.42 Å². The monoisotopic (exact) mass is 270 g/mol. The van der Waals surface area contributed by atoms with Gasteiger partial charge in [-0.25, -0.2) is 0 Å². The van der Waals surface area contributed by atoms with Crippen LogP contribution in [-0.4, -0.2) is 24.6 Å². The fourth-order valence-electron chi connectivity index (χ4n) is 1.99. The van der Waals surface area contributed by atoms with E-state index in [0.29, 0.717) is 11.3 Å². The predicted molar refractivity (Wildman–Crippen MR) is 80.1 cm³/mol. The summed E-state index contributed by atoms with van der Waals surface area (Å²) in [5, 5.41) is 15.5. The molecule has 4 heteroatoms. The number of hydrogen-bond acceptors (Lipinski definition) is 3. The molecule has 0 atom stereocenters. The fraction of sp³-hybridized carbons (Fsp3) is 0.188. The van der Waals surface area contributed by atoms with E-state index < -0.39 is 0 Å². The number of aromatic hydroxyl groups is 1. The molecule has 0 saturated carbocycles. The minimum Gasteiger partial charge on any atom is -0.506 e. The van der Waals surface area contributed by atoms with Crippen LogP contribution in [0.5, 0.6) is 5.75 Å². The predicted octanol–water partition coefficient (Wildman–Crippen LogP) is 2.41. The van der Waals surface area contributed by atoms with E-state index in [2.05, 4.69) is 10.6 Å². The number of phenols is 1. The maximum Gasteiger partial charge on any atom is 0.256 e. The number of carbonyl (C=O) groups excluding carboxylic acids is 1. The Hall–Kier alpha value is -2.33. The van der Waals surface area contributed by atoms with Gasteiger partial charge in [0.05, 0.1) is 5.69 Å². The highest BCUT2D eigenvalue weighted by molar-refractivity contribution is 6.06. The van der Waals surface area contributed by atoms with Crippen LogP contribution in [0.25, 0.3) is 0 Å². The van der Waals surface area contributed by atoms with Gasteiger partial charge in [0.2, 0.25) is 0 Å². The number of benzene rings is 2. The van der Waals surface area contributed by atoms with E-state index >= 15 is 0 Å². The van der Waals surface area contributed by atoms with E-state index in [1.807, 2.05) is 25.2 Å². The molecule has 0 aliphatic rings. The zero-order chi connectivity index (χ0) is 14.4. The summed E-state index contributed by atoms with van der Waals surface area (Å²) < 4.78 is 0. The maximum atomic E-state index is 12.3. The lowest BCUT2D eigenvalue weighted by atomic mass is 10.0. The summed E-state index contributed by atoms with van der Waals surface area (Å²) in [7, 11) is 1.88. The Kier molecular flexibility index (Phi) is 4.74. The van der Waals surface area contributed by atoms with E-state index in [-0.39, 0.29) is 11.7 Å². The zero-order valence-corrected chi connectivity index (χ0v) is 11.4. The van der Waals surface area contributed by atoms with Gasteiger partial charge in [0.1, 0.15) is 5.75 Å². The molecule has 0 fully saturated rings. The minimum atomic E-state index is -0.210. The molecule has 0 radical (unpaired) electrons. The Morgan fingerprint density at radius 1 is 1.10 bits per heavy atom. The van der Waals surface area contributed by atoms with Gasteiger partial charge in [0, 0.05) is 5.56 Å². The smallest absolute Gasteiger partial charge is 0.256 e. The number of rotatable bonds is 5. The van der Waals surface area contributed by atoms with E-state index in [1.54, 1.807) is 30.3 Å². The third-order valence-electron chi connectivity index (χ3n) is 3.06. The number of likely N-dealkylation sites (N-methyl/N-ethyl adjacent to an activating group) is 1. The molecule has 2 aromatic carbocycles. The molecule has 0 saturated heterocycles. The number of anilines is 1. The van der Waals surface area contributed by atoms with Gasteiger partial charge >= 0.3 is 0 Å². The molecule has 0 heterocycles. The summed E-state index contributed by atoms with van der Waals surface area (Å²) in [5.41, 5.74) is 2.03. The Morgan fingerprint density at radius 2 is 1.80 bits per heavy atom. The number of phenolic OH excluding ortho intramolecular Hbond substituents is 1. The van der Waals surface area contributed by atoms with Crippen molar-refractivity contribution < 1.29 is 9.90 Å². The Balaban J connectivity index is 2.19. The average molecular weight is 270 g/mol. The van der Waals surface area contributed by atoms with Crippen LogP contribution in [0.1, 0.15) is 15.9 Å². The van der Waals surface area contributed by atoms with E-state index in [0.717, 1.165) is 18.5 Å². The van der Waals surface area contributed by atoms with Crippen LogP contribution in [0.15, 0.2) is 48.5 Å². The normalized spacial score (nSPS) is 10.2. The van der Waals surface area contributed by atoms with Crippen LogP contribution in [0.3, 0.4) is 0 Å². The summed E-state index contributed by atoms with van der Waals surface area (Å²) >= 11 is 0. The van der Waals surface area contributed by atoms with Crippen molar-refractivity contribution >= 4 is 11.6 Å². The van der Waals surface area contributed by atoms with Crippen LogP contribution in [-0.2, 0) is 6.42 Å². The molecule has 20 heavy (non-hydrogen) atoms. The molecule has 1 amide bonds. The highest BCUT2D eigenvalue weighted by Gasteiger charge is 2.12. The molecule has 2 rings (SSSR count). The van der Waals surface area contributed by atoms with E-state index in [4.69, 9.17) is 0 Å². The first kappa shape index (κ1) is 14.1. The zero-order valence-electron chi connectivity index (χ0n) is 11.4. The number of hydrogen-bond donors (Lipinski definition) is 3. The molecule has 2 aromatic rings. The Labute approximate surface area is 118 Å². The molecule has 0 aromatic heterocycles. The first-order chi connectivity index (χ1) is 9.72. The highest BCUT2D eigenvalue weighted by atomic mass is 16.3. The van der Waals surface area contributed by atoms with Gasteiger partial charge in [-0.1, -0.05) is 30.3 Å². The first-order valence-corrected chi connectivity index (χ1v) is 6.54. The number of carbonyl (C=O) groups is 1. The van der Waals surface area contributed by atoms with Crippen molar-refractivity contribution in [3.05, 3.63) is 59.7 Å². The second kappa shape index (κ2) is 6.73. The second-order valence-corrected chi connectivity index (χ2v) is 4.48. The quantitative estimate of drug-likeness (QED) is 0.731. The molecule has 104 valence electrons. The molecule has 0 aliphatic heterocycles. The molecule has 0 bridgehead atoms. The minimum absolute atomic E-state index is 0.0635. The van der Waals surface area contributed by atoms with Gasteiger partial charge in [-0.3, -0.25) is 4.79 Å². The molecular weight excluding hydrogens is 252 g/mol. The van der Waals surface area contributed by atoms with Crippen LogP contribution in [0.4, 0.5) is 5.69 Å². The van der Waals surface area contributed by atoms with Crippen molar-refractivity contribution in [2.75, 3.05) is 18.9 Å². The number of amides is 1. The second-order valence-electron chi connectivity index (χ2n) is 4.48. The lowest BCUT2D eigenvalue weighted by molar-refractivity contribution is 0.102. The van der Waals surface area contributed by atoms with Gasteiger partial charge in [-0.05, 0) is 43.8 Å². The van der Waals surface area contributed by atoms with Crippen molar-refractivity contribution in [3.63, 3.8) is 0 Å². The Morgan fingerprint density at radius 3 is 2.55 bits per heavy atom. The third-order valence-corrected chi connectivity index (χ3v) is 3.06. The summed E-state index contributed by atoms with van der Waals surface area (Å²) in [6.45, 7) is 0.806. The highest BCUT2D eigenvalue weighted by Crippen LogP contribution is 2.22. The molecule has 0 unspecified atom stereocenters. The van der Waals surface area contributed by atoms with Crippen molar-refractivity contribution in [2.24, 2.45) is 0 Å². The van der Waals surface area contributed by atoms with Crippen molar-refractivity contribution in [3.8, 4) is 5.75 Å². The lowest BCUT2D eigenvalue weighted by Crippen LogP contribution is -2.17. The SMILES string of the molecule is CNCCc1ccccc1C(=O)Nc1ccccc1O. The average Bonchev–Trinajstić information content (AvgIpc) is 2.47. The van der Waals surface area contributed by atoms with E-state index in [9.17, 15) is 9.90 Å². The summed E-state index contributed by atoms with van der Waals surface area (Å²) in [4.78, 5) is 12.3. The summed E-state index contributed by atoms with van der Waals surface area (Å²) in [6.07, 6.45) is 0.779. The number of para-hydroxylation sites is 2. The van der Waals surface area contributed by atoms with Crippen LogP contribution in [0.2, 0.25) is 0 Å². The summed E-state index contributed by atoms with van der Waals surface area (Å²) in [5.74, 6) is -0.147. The molecule has 4 nitrogen and oxygen atoms in total. The number of nitrogens with one attached hydrogen (secondary N) is 2. The standard InChI is InChI=1S/C16H18N2O2/c1-17-11-10-12-6-2-3-7-13(12)16(20)18-14-8-4-5-9-15(14)19/h2-9,17,19H,10-11H2,1H3,(H,18,20). The van der Waals surface area contributed by atoms with Gasteiger partial charge in [-0.2, -0.15) is 0 Å². The Bertz CT molecular complexity index is 597. The molecule has 0 aliphatic carbocycles. The molecular formula is C16H18N2O2. The van der Waals surface area contributed by atoms with Crippen LogP contribution >= 0.6 is 0 Å². The molecule has 3 N–H and O–H groups in total. The maximum absolute atomic E-state index is 12.3. The van der Waals surface area contributed by atoms with Crippen LogP contribution < -0.4 is 10.6 Å². The van der Waals surface area contributed by atoms with Gasteiger partial charge in [-0.15, -0.1) is 0 Å². The summed E-state index contributed by atoms with van der Waals surface area (Å²) in [6, 6.07) is 14.2. The van der Waals surface area contributed by atoms with Crippen molar-refractivity contribution in [1.82, 2.24) is 5.32 Å². The van der Waals surface area contributed by atoms with Gasteiger partial charge in [0.15, 0.2) is 0 Å². The third kappa shape index (κ3) is 3.36. The fourth-order valence-corrected chi connectivity index (χ4v) is 1.99. The van der Waals surface area contributed by atoms with Gasteiger partial charge in [0.25, 0.3) is 5.91 Å². The van der Waals surface area contributed by atoms with Crippen molar-refractivity contribution in [1.29, 1.82) is 0 Å². The topological polar surface area (TPSA) is 61.4 Å². The van der Waals surface area contributed by atoms with Crippen LogP contribution in [0, 0.1) is 0 Å². The largest absolute Gasteiger partial charge is 0.506 e. The van der Waals surface area contributed by atoms with Gasteiger partial charge < -0.3 is 15.7 Å².